The highest BCUT2D eigenvalue weighted by Gasteiger charge is 2.37. The molecule has 2 aromatic rings. The average Bonchev–Trinajstić information content (AvgIpc) is 2.75. The van der Waals surface area contributed by atoms with Crippen LogP contribution in [0.2, 0.25) is 5.02 Å². The lowest BCUT2D eigenvalue weighted by Crippen LogP contribution is -2.42. The van der Waals surface area contributed by atoms with E-state index in [-0.39, 0.29) is 17.4 Å². The number of nitrogens with one attached hydrogen (secondary N) is 1. The summed E-state index contributed by atoms with van der Waals surface area (Å²) in [5.41, 5.74) is 0.246. The van der Waals surface area contributed by atoms with Gasteiger partial charge in [0.1, 0.15) is 12.4 Å². The zero-order valence-electron chi connectivity index (χ0n) is 17.6. The zero-order chi connectivity index (χ0) is 22.1. The second-order valence-corrected chi connectivity index (χ2v) is 10.7. The second kappa shape index (κ2) is 8.47. The van der Waals surface area contributed by atoms with E-state index in [1.165, 1.54) is 24.3 Å². The number of halogens is 1. The van der Waals surface area contributed by atoms with Gasteiger partial charge in [0.25, 0.3) is 10.0 Å². The fourth-order valence-electron chi connectivity index (χ4n) is 3.15. The van der Waals surface area contributed by atoms with Gasteiger partial charge in [0.2, 0.25) is 5.91 Å². The van der Waals surface area contributed by atoms with E-state index < -0.39 is 15.4 Å². The highest BCUT2D eigenvalue weighted by molar-refractivity contribution is 7.92. The minimum Gasteiger partial charge on any atom is -0.490 e. The number of ether oxygens (including phenoxy) is 1. The fourth-order valence-corrected chi connectivity index (χ4v) is 4.32. The van der Waals surface area contributed by atoms with E-state index >= 15 is 0 Å². The topological polar surface area (TPSA) is 75.7 Å². The summed E-state index contributed by atoms with van der Waals surface area (Å²) in [6.07, 6.45) is 0.821. The summed E-state index contributed by atoms with van der Waals surface area (Å²) < 4.78 is 34.0. The average molecular weight is 451 g/mol. The van der Waals surface area contributed by atoms with Crippen LogP contribution in [0, 0.1) is 11.3 Å². The number of hydrogen-bond acceptors (Lipinski definition) is 4. The number of nitrogens with zero attached hydrogens (tertiary/aromatic N) is 1. The standard InChI is InChI=1S/C22H27ClN2O4S/c1-15(2)11-12-25-19-13-17(7-10-20(19)29-14-22(3,4)21(25)26)24-30(27,28)18-8-5-16(23)6-9-18/h5-10,13,15,24H,11-12,14H2,1-4H3. The predicted molar refractivity (Wildman–Crippen MR) is 120 cm³/mol. The number of carbonyl (C=O) groups is 1. The van der Waals surface area contributed by atoms with Gasteiger partial charge in [0.15, 0.2) is 0 Å². The first-order valence-corrected chi connectivity index (χ1v) is 11.7. The molecule has 0 fully saturated rings. The van der Waals surface area contributed by atoms with Crippen molar-refractivity contribution in [1.29, 1.82) is 0 Å². The van der Waals surface area contributed by atoms with E-state index in [0.717, 1.165) is 6.42 Å². The first-order chi connectivity index (χ1) is 14.0. The fraction of sp³-hybridized carbons (Fsp3) is 0.409. The van der Waals surface area contributed by atoms with E-state index in [9.17, 15) is 13.2 Å². The summed E-state index contributed by atoms with van der Waals surface area (Å²) in [6.45, 7) is 8.70. The van der Waals surface area contributed by atoms with Gasteiger partial charge in [-0.3, -0.25) is 9.52 Å². The van der Waals surface area contributed by atoms with E-state index in [1.807, 2.05) is 13.8 Å². The summed E-state index contributed by atoms with van der Waals surface area (Å²) in [7, 11) is -3.80. The quantitative estimate of drug-likeness (QED) is 0.676. The Balaban J connectivity index is 1.96. The van der Waals surface area contributed by atoms with Crippen LogP contribution in [-0.4, -0.2) is 27.5 Å². The van der Waals surface area contributed by atoms with Gasteiger partial charge in [0.05, 0.1) is 21.7 Å². The highest BCUT2D eigenvalue weighted by Crippen LogP contribution is 2.39. The van der Waals surface area contributed by atoms with Gasteiger partial charge >= 0.3 is 0 Å². The van der Waals surface area contributed by atoms with Crippen molar-refractivity contribution in [2.75, 3.05) is 22.8 Å². The number of sulfonamides is 1. The number of hydrogen-bond donors (Lipinski definition) is 1. The van der Waals surface area contributed by atoms with Crippen molar-refractivity contribution >= 4 is 38.9 Å². The van der Waals surface area contributed by atoms with E-state index in [2.05, 4.69) is 18.6 Å². The Morgan fingerprint density at radius 3 is 2.47 bits per heavy atom. The minimum atomic E-state index is -3.80. The molecule has 30 heavy (non-hydrogen) atoms. The van der Waals surface area contributed by atoms with Gasteiger partial charge < -0.3 is 9.64 Å². The Labute approximate surface area is 183 Å². The number of fused-ring (bicyclic) bond motifs is 1. The van der Waals surface area contributed by atoms with Crippen molar-refractivity contribution in [3.8, 4) is 5.75 Å². The molecule has 1 heterocycles. The molecule has 6 nitrogen and oxygen atoms in total. The van der Waals surface area contributed by atoms with Crippen molar-refractivity contribution in [2.24, 2.45) is 11.3 Å². The van der Waals surface area contributed by atoms with Crippen LogP contribution in [0.15, 0.2) is 47.4 Å². The lowest BCUT2D eigenvalue weighted by molar-refractivity contribution is -0.127. The molecule has 1 aliphatic rings. The molecule has 0 spiro atoms. The molecule has 0 aromatic heterocycles. The summed E-state index contributed by atoms with van der Waals surface area (Å²) >= 11 is 5.85. The number of amides is 1. The highest BCUT2D eigenvalue weighted by atomic mass is 35.5. The number of anilines is 2. The lowest BCUT2D eigenvalue weighted by Gasteiger charge is -2.28. The summed E-state index contributed by atoms with van der Waals surface area (Å²) in [4.78, 5) is 15.0. The predicted octanol–water partition coefficient (Wildman–Crippen LogP) is 4.94. The molecule has 1 amide bonds. The molecule has 1 aliphatic heterocycles. The molecule has 1 N–H and O–H groups in total. The van der Waals surface area contributed by atoms with Crippen LogP contribution in [-0.2, 0) is 14.8 Å². The molecule has 0 aliphatic carbocycles. The largest absolute Gasteiger partial charge is 0.490 e. The Hall–Kier alpha value is -2.25. The van der Waals surface area contributed by atoms with Crippen LogP contribution in [0.3, 0.4) is 0 Å². The molecule has 0 atom stereocenters. The van der Waals surface area contributed by atoms with E-state index in [4.69, 9.17) is 16.3 Å². The van der Waals surface area contributed by atoms with Gasteiger partial charge in [-0.15, -0.1) is 0 Å². The monoisotopic (exact) mass is 450 g/mol. The third kappa shape index (κ3) is 4.90. The van der Waals surface area contributed by atoms with Gasteiger partial charge in [-0.1, -0.05) is 25.4 Å². The third-order valence-electron chi connectivity index (χ3n) is 4.97. The molecule has 0 unspecified atom stereocenters. The number of benzene rings is 2. The Bertz CT molecular complexity index is 1030. The van der Waals surface area contributed by atoms with Crippen molar-refractivity contribution < 1.29 is 17.9 Å². The second-order valence-electron chi connectivity index (χ2n) is 8.55. The van der Waals surface area contributed by atoms with Gasteiger partial charge in [-0.25, -0.2) is 8.42 Å². The number of carbonyl (C=O) groups excluding carboxylic acids is 1. The Kier molecular flexibility index (Phi) is 6.34. The van der Waals surface area contributed by atoms with Crippen LogP contribution >= 0.6 is 11.6 Å². The Morgan fingerprint density at radius 2 is 1.83 bits per heavy atom. The summed E-state index contributed by atoms with van der Waals surface area (Å²) in [5.74, 6) is 0.937. The summed E-state index contributed by atoms with van der Waals surface area (Å²) in [6, 6.07) is 10.9. The maximum atomic E-state index is 13.2. The van der Waals surface area contributed by atoms with Gasteiger partial charge in [0, 0.05) is 11.6 Å². The Morgan fingerprint density at radius 1 is 1.17 bits per heavy atom. The van der Waals surface area contributed by atoms with Crippen LogP contribution in [0.25, 0.3) is 0 Å². The van der Waals surface area contributed by atoms with E-state index in [0.29, 0.717) is 34.6 Å². The van der Waals surface area contributed by atoms with Crippen molar-refractivity contribution in [1.82, 2.24) is 0 Å². The smallest absolute Gasteiger partial charge is 0.261 e. The first-order valence-electron chi connectivity index (χ1n) is 9.87. The molecule has 0 saturated heterocycles. The van der Waals surface area contributed by atoms with E-state index in [1.54, 1.807) is 23.1 Å². The van der Waals surface area contributed by atoms with Gasteiger partial charge in [-0.05, 0) is 68.7 Å². The van der Waals surface area contributed by atoms with Crippen molar-refractivity contribution in [3.05, 3.63) is 47.5 Å². The molecule has 0 saturated carbocycles. The molecule has 0 bridgehead atoms. The van der Waals surface area contributed by atoms with Crippen LogP contribution in [0.1, 0.15) is 34.1 Å². The van der Waals surface area contributed by atoms with Crippen LogP contribution < -0.4 is 14.4 Å². The van der Waals surface area contributed by atoms with Crippen molar-refractivity contribution in [2.45, 2.75) is 39.0 Å². The summed E-state index contributed by atoms with van der Waals surface area (Å²) in [5, 5.41) is 0.457. The third-order valence-corrected chi connectivity index (χ3v) is 6.62. The van der Waals surface area contributed by atoms with Crippen molar-refractivity contribution in [3.63, 3.8) is 0 Å². The zero-order valence-corrected chi connectivity index (χ0v) is 19.2. The first kappa shape index (κ1) is 22.4. The SMILES string of the molecule is CC(C)CCN1C(=O)C(C)(C)COc2ccc(NS(=O)(=O)c3ccc(Cl)cc3)cc21. The molecule has 2 aromatic carbocycles. The maximum absolute atomic E-state index is 13.2. The normalized spacial score (nSPS) is 16.1. The minimum absolute atomic E-state index is 0.0420. The maximum Gasteiger partial charge on any atom is 0.261 e. The molecule has 162 valence electrons. The van der Waals surface area contributed by atoms with Crippen LogP contribution in [0.5, 0.6) is 5.75 Å². The van der Waals surface area contributed by atoms with Crippen LogP contribution in [0.4, 0.5) is 11.4 Å². The molecule has 0 radical (unpaired) electrons. The number of rotatable bonds is 6. The lowest BCUT2D eigenvalue weighted by atomic mass is 9.92. The molecule has 8 heteroatoms. The molecule has 3 rings (SSSR count). The van der Waals surface area contributed by atoms with Gasteiger partial charge in [-0.2, -0.15) is 0 Å². The molecular weight excluding hydrogens is 424 g/mol. The molecular formula is C22H27ClN2O4S.